The SMILES string of the molecule is c1ccc2cc3c(cc2c1)oc1c(-c2ccc4ccc5cccc6ccc2c4c56)cc(-c2cccc4c2ccc2ccccc24)cc13. The molecule has 1 heterocycles. The summed E-state index contributed by atoms with van der Waals surface area (Å²) in [6.45, 7) is 0. The number of hydrogen-bond acceptors (Lipinski definition) is 1. The summed E-state index contributed by atoms with van der Waals surface area (Å²) < 4.78 is 6.87. The van der Waals surface area contributed by atoms with Gasteiger partial charge in [0, 0.05) is 16.3 Å². The highest BCUT2D eigenvalue weighted by Gasteiger charge is 2.20. The first-order valence-electron chi connectivity index (χ1n) is 16.3. The molecule has 0 aliphatic carbocycles. The Balaban J connectivity index is 1.29. The first kappa shape index (κ1) is 25.1. The van der Waals surface area contributed by atoms with E-state index in [1.54, 1.807) is 0 Å². The van der Waals surface area contributed by atoms with E-state index in [1.807, 2.05) is 0 Å². The second kappa shape index (κ2) is 9.19. The van der Waals surface area contributed by atoms with E-state index in [1.165, 1.54) is 81.3 Å². The average molecular weight is 595 g/mol. The standard InChI is InChI=1S/C46H26O/c1-2-9-32-26-43-40(23-31(32)8-1)42-25-33(35-13-6-14-36-34-12-4-3-7-27(34)17-20-37(35)36)24-41(46(42)47-43)38-21-18-30-16-15-28-10-5-11-29-19-22-39(38)45(30)44(28)29/h1-26H. The molecule has 1 aromatic heterocycles. The zero-order valence-corrected chi connectivity index (χ0v) is 25.4. The Bertz CT molecular complexity index is 3050. The van der Waals surface area contributed by atoms with E-state index in [2.05, 4.69) is 158 Å². The highest BCUT2D eigenvalue weighted by atomic mass is 16.3. The molecule has 0 radical (unpaired) electrons. The molecule has 11 aromatic rings. The maximum Gasteiger partial charge on any atom is 0.143 e. The fraction of sp³-hybridized carbons (Fsp3) is 0. The van der Waals surface area contributed by atoms with Crippen molar-refractivity contribution in [2.45, 2.75) is 0 Å². The van der Waals surface area contributed by atoms with E-state index in [9.17, 15) is 0 Å². The van der Waals surface area contributed by atoms with Crippen LogP contribution in [0.15, 0.2) is 162 Å². The molecule has 1 heteroatoms. The van der Waals surface area contributed by atoms with Gasteiger partial charge >= 0.3 is 0 Å². The lowest BCUT2D eigenvalue weighted by atomic mass is 9.87. The lowest BCUT2D eigenvalue weighted by Gasteiger charge is -2.16. The molecule has 0 bridgehead atoms. The molecule has 216 valence electrons. The maximum atomic E-state index is 6.87. The monoisotopic (exact) mass is 594 g/mol. The van der Waals surface area contributed by atoms with Crippen molar-refractivity contribution < 1.29 is 4.42 Å². The minimum absolute atomic E-state index is 0.915. The van der Waals surface area contributed by atoms with Gasteiger partial charge in [0.05, 0.1) is 0 Å². The van der Waals surface area contributed by atoms with Gasteiger partial charge in [0.2, 0.25) is 0 Å². The van der Waals surface area contributed by atoms with Gasteiger partial charge < -0.3 is 4.42 Å². The van der Waals surface area contributed by atoms with Gasteiger partial charge in [-0.2, -0.15) is 0 Å². The predicted molar refractivity (Wildman–Crippen MR) is 201 cm³/mol. The van der Waals surface area contributed by atoms with Crippen LogP contribution < -0.4 is 0 Å². The molecule has 0 saturated heterocycles. The van der Waals surface area contributed by atoms with Gasteiger partial charge in [-0.15, -0.1) is 0 Å². The van der Waals surface area contributed by atoms with Crippen molar-refractivity contribution in [1.29, 1.82) is 0 Å². The Hall–Kier alpha value is -6.18. The van der Waals surface area contributed by atoms with Crippen molar-refractivity contribution in [3.63, 3.8) is 0 Å². The predicted octanol–water partition coefficient (Wildman–Crippen LogP) is 13.3. The quantitative estimate of drug-likeness (QED) is 0.182. The van der Waals surface area contributed by atoms with Crippen molar-refractivity contribution in [3.05, 3.63) is 158 Å². The Morgan fingerprint density at radius 1 is 0.298 bits per heavy atom. The summed E-state index contributed by atoms with van der Waals surface area (Å²) in [5.74, 6) is 0. The van der Waals surface area contributed by atoms with Crippen LogP contribution in [0.4, 0.5) is 0 Å². The van der Waals surface area contributed by atoms with Gasteiger partial charge in [0.15, 0.2) is 0 Å². The van der Waals surface area contributed by atoms with Crippen LogP contribution in [0, 0.1) is 0 Å². The van der Waals surface area contributed by atoms with Crippen LogP contribution in [0.2, 0.25) is 0 Å². The van der Waals surface area contributed by atoms with Crippen LogP contribution >= 0.6 is 0 Å². The zero-order valence-electron chi connectivity index (χ0n) is 25.4. The van der Waals surface area contributed by atoms with Crippen molar-refractivity contribution >= 4 is 86.6 Å². The summed E-state index contributed by atoms with van der Waals surface area (Å²) >= 11 is 0. The third-order valence-corrected chi connectivity index (χ3v) is 10.4. The second-order valence-electron chi connectivity index (χ2n) is 12.9. The average Bonchev–Trinajstić information content (AvgIpc) is 3.49. The number of fused-ring (bicyclic) bond motifs is 7. The second-order valence-corrected chi connectivity index (χ2v) is 12.9. The lowest BCUT2D eigenvalue weighted by Crippen LogP contribution is -1.89. The maximum absolute atomic E-state index is 6.87. The number of furan rings is 1. The van der Waals surface area contributed by atoms with Crippen molar-refractivity contribution in [1.82, 2.24) is 0 Å². The number of rotatable bonds is 2. The van der Waals surface area contributed by atoms with E-state index in [4.69, 9.17) is 4.42 Å². The number of benzene rings is 10. The molecular formula is C46H26O. The molecule has 1 nitrogen and oxygen atoms in total. The summed E-state index contributed by atoms with van der Waals surface area (Å²) in [6, 6.07) is 57.9. The summed E-state index contributed by atoms with van der Waals surface area (Å²) in [4.78, 5) is 0. The normalized spacial score (nSPS) is 12.3. The molecule has 0 aliphatic rings. The fourth-order valence-corrected chi connectivity index (χ4v) is 8.18. The van der Waals surface area contributed by atoms with Crippen LogP contribution in [-0.2, 0) is 0 Å². The summed E-state index contributed by atoms with van der Waals surface area (Å²) in [6.07, 6.45) is 0. The molecule has 11 rings (SSSR count). The van der Waals surface area contributed by atoms with E-state index < -0.39 is 0 Å². The van der Waals surface area contributed by atoms with E-state index in [0.717, 1.165) is 27.5 Å². The lowest BCUT2D eigenvalue weighted by molar-refractivity contribution is 0.670. The van der Waals surface area contributed by atoms with Crippen LogP contribution in [0.25, 0.3) is 109 Å². The van der Waals surface area contributed by atoms with Gasteiger partial charge in [-0.05, 0) is 106 Å². The summed E-state index contributed by atoms with van der Waals surface area (Å²) in [5, 5.41) is 17.4. The van der Waals surface area contributed by atoms with Gasteiger partial charge in [-0.25, -0.2) is 0 Å². The van der Waals surface area contributed by atoms with Crippen LogP contribution in [0.3, 0.4) is 0 Å². The van der Waals surface area contributed by atoms with Gasteiger partial charge in [0.1, 0.15) is 11.2 Å². The molecule has 0 fully saturated rings. The van der Waals surface area contributed by atoms with Crippen molar-refractivity contribution in [3.8, 4) is 22.3 Å². The largest absolute Gasteiger partial charge is 0.455 e. The highest BCUT2D eigenvalue weighted by molar-refractivity contribution is 6.27. The number of hydrogen-bond donors (Lipinski definition) is 0. The molecule has 0 unspecified atom stereocenters. The van der Waals surface area contributed by atoms with Crippen LogP contribution in [0.5, 0.6) is 0 Å². The van der Waals surface area contributed by atoms with Crippen molar-refractivity contribution in [2.75, 3.05) is 0 Å². The Labute approximate surface area is 270 Å². The zero-order chi connectivity index (χ0) is 30.6. The van der Waals surface area contributed by atoms with Crippen molar-refractivity contribution in [2.24, 2.45) is 0 Å². The minimum Gasteiger partial charge on any atom is -0.455 e. The Morgan fingerprint density at radius 3 is 1.81 bits per heavy atom. The van der Waals surface area contributed by atoms with Crippen LogP contribution in [-0.4, -0.2) is 0 Å². The van der Waals surface area contributed by atoms with E-state index in [0.29, 0.717) is 0 Å². The topological polar surface area (TPSA) is 13.1 Å². The molecule has 0 spiro atoms. The van der Waals surface area contributed by atoms with Gasteiger partial charge in [-0.3, -0.25) is 0 Å². The minimum atomic E-state index is 0.915. The third-order valence-electron chi connectivity index (χ3n) is 10.4. The molecular weight excluding hydrogens is 569 g/mol. The molecule has 10 aromatic carbocycles. The van der Waals surface area contributed by atoms with Crippen LogP contribution in [0.1, 0.15) is 0 Å². The van der Waals surface area contributed by atoms with Gasteiger partial charge in [-0.1, -0.05) is 133 Å². The molecule has 0 saturated carbocycles. The Morgan fingerprint density at radius 2 is 0.936 bits per heavy atom. The van der Waals surface area contributed by atoms with Gasteiger partial charge in [0.25, 0.3) is 0 Å². The highest BCUT2D eigenvalue weighted by Crippen LogP contribution is 2.46. The smallest absolute Gasteiger partial charge is 0.143 e. The Kier molecular flexibility index (Phi) is 4.90. The van der Waals surface area contributed by atoms with E-state index >= 15 is 0 Å². The molecule has 0 aliphatic heterocycles. The summed E-state index contributed by atoms with van der Waals surface area (Å²) in [5.41, 5.74) is 6.57. The molecule has 47 heavy (non-hydrogen) atoms. The molecule has 0 atom stereocenters. The third kappa shape index (κ3) is 3.49. The summed E-state index contributed by atoms with van der Waals surface area (Å²) in [7, 11) is 0. The first-order valence-corrected chi connectivity index (χ1v) is 16.3. The molecule has 0 amide bonds. The fourth-order valence-electron chi connectivity index (χ4n) is 8.18. The van der Waals surface area contributed by atoms with E-state index in [-0.39, 0.29) is 0 Å². The first-order chi connectivity index (χ1) is 23.3. The molecule has 0 N–H and O–H groups in total.